The van der Waals surface area contributed by atoms with Crippen molar-refractivity contribution < 1.29 is 51.6 Å². The number of nitrogens with two attached hydrogens (primary N) is 1. The number of aromatic nitrogens is 1. The van der Waals surface area contributed by atoms with Crippen LogP contribution in [0, 0.1) is 5.92 Å². The Morgan fingerprint density at radius 2 is 2.03 bits per heavy atom. The third-order valence-corrected chi connectivity index (χ3v) is 7.22. The molecule has 18 heteroatoms. The fraction of sp³-hybridized carbons (Fsp3) is 0.471. The molecule has 1 saturated carbocycles. The Kier molecular flexibility index (Phi) is 5.97. The molecule has 3 amide bonds. The Bertz CT molecular complexity index is 1250. The van der Waals surface area contributed by atoms with Crippen LogP contribution in [-0.4, -0.2) is 92.4 Å². The highest BCUT2D eigenvalue weighted by atomic mass is 32.2. The molecule has 1 aliphatic carbocycles. The van der Waals surface area contributed by atoms with Gasteiger partial charge in [-0.2, -0.15) is 8.42 Å². The number of carboxylic acids is 1. The van der Waals surface area contributed by atoms with Gasteiger partial charge in [-0.15, -0.1) is 11.3 Å². The number of Topliss-reactive ketones (excluding diaryl/α,β-unsaturated/α-hetero) is 1. The predicted molar refractivity (Wildman–Crippen MR) is 112 cm³/mol. The third-order valence-electron chi connectivity index (χ3n) is 5.60. The minimum atomic E-state index is -5.07. The number of thiazole rings is 1. The van der Waals surface area contributed by atoms with Gasteiger partial charge in [0.25, 0.3) is 5.91 Å². The monoisotopic (exact) mass is 531 g/mol. The molecule has 0 bridgehead atoms. The number of oxime groups is 1. The Balaban J connectivity index is 1.59. The molecule has 3 heterocycles. The van der Waals surface area contributed by atoms with E-state index in [2.05, 4.69) is 14.9 Å². The number of ketones is 1. The zero-order valence-corrected chi connectivity index (χ0v) is 19.2. The largest absolute Gasteiger partial charge is 0.478 e. The van der Waals surface area contributed by atoms with Gasteiger partial charge in [0, 0.05) is 24.6 Å². The van der Waals surface area contributed by atoms with Crippen molar-refractivity contribution in [2.45, 2.75) is 30.9 Å². The molecule has 16 nitrogen and oxygen atoms in total. The number of β-lactam (4-membered cyclic amide) rings is 1. The summed E-state index contributed by atoms with van der Waals surface area (Å²) in [5.74, 6) is -5.52. The van der Waals surface area contributed by atoms with Crippen molar-refractivity contribution in [3.63, 3.8) is 0 Å². The molecule has 188 valence electrons. The highest BCUT2D eigenvalue weighted by Crippen LogP contribution is 2.40. The number of nitrogens with zero attached hydrogens (tertiary/aromatic N) is 4. The van der Waals surface area contributed by atoms with Gasteiger partial charge in [-0.1, -0.05) is 5.16 Å². The van der Waals surface area contributed by atoms with Crippen molar-refractivity contribution in [3.8, 4) is 0 Å². The molecule has 1 aromatic heterocycles. The smallest absolute Gasteiger partial charge is 0.417 e. The lowest BCUT2D eigenvalue weighted by atomic mass is 9.84. The van der Waals surface area contributed by atoms with Crippen LogP contribution in [-0.2, 0) is 39.1 Å². The molecule has 3 aliphatic rings. The summed E-state index contributed by atoms with van der Waals surface area (Å²) in [5, 5.41) is 14.3. The molecular formula is C17H17N5O11S2. The van der Waals surface area contributed by atoms with Gasteiger partial charge >= 0.3 is 22.4 Å². The third kappa shape index (κ3) is 4.54. The number of cyclic esters (lactones) is 1. The number of nitrogen functional groups attached to an aromatic ring is 1. The minimum Gasteiger partial charge on any atom is -0.478 e. The van der Waals surface area contributed by atoms with Crippen LogP contribution in [0.5, 0.6) is 0 Å². The lowest BCUT2D eigenvalue weighted by molar-refractivity contribution is -0.153. The second-order valence-electron chi connectivity index (χ2n) is 7.87. The van der Waals surface area contributed by atoms with E-state index < -0.39 is 82.8 Å². The van der Waals surface area contributed by atoms with Gasteiger partial charge < -0.3 is 20.4 Å². The molecule has 35 heavy (non-hydrogen) atoms. The molecule has 1 aromatic rings. The minimum absolute atomic E-state index is 0.0566. The zero-order chi connectivity index (χ0) is 25.7. The highest BCUT2D eigenvalue weighted by Gasteiger charge is 2.56. The average Bonchev–Trinajstić information content (AvgIpc) is 3.35. The average molecular weight is 531 g/mol. The van der Waals surface area contributed by atoms with E-state index in [4.69, 9.17) is 10.6 Å². The number of amides is 3. The van der Waals surface area contributed by atoms with Gasteiger partial charge in [-0.3, -0.25) is 18.9 Å². The lowest BCUT2D eigenvalue weighted by Crippen LogP contribution is -2.66. The van der Waals surface area contributed by atoms with Gasteiger partial charge in [0.15, 0.2) is 23.2 Å². The summed E-state index contributed by atoms with van der Waals surface area (Å²) in [6.45, 7) is -1.24. The summed E-state index contributed by atoms with van der Waals surface area (Å²) in [6.07, 6.45) is -1.46. The number of anilines is 1. The van der Waals surface area contributed by atoms with Crippen LogP contribution < -0.4 is 5.73 Å². The summed E-state index contributed by atoms with van der Waals surface area (Å²) >= 11 is 0.949. The van der Waals surface area contributed by atoms with Crippen LogP contribution >= 0.6 is 11.3 Å². The maximum atomic E-state index is 13.1. The summed E-state index contributed by atoms with van der Waals surface area (Å²) in [6, 6.07) is -1.47. The van der Waals surface area contributed by atoms with Crippen LogP contribution in [0.15, 0.2) is 10.5 Å². The molecule has 0 unspecified atom stereocenters. The van der Waals surface area contributed by atoms with Crippen molar-refractivity contribution in [1.29, 1.82) is 0 Å². The first-order valence-corrected chi connectivity index (χ1v) is 12.1. The summed E-state index contributed by atoms with van der Waals surface area (Å²) in [7, 11) is -5.07. The van der Waals surface area contributed by atoms with Crippen LogP contribution in [0.25, 0.3) is 0 Å². The number of rotatable bonds is 10. The Morgan fingerprint density at radius 3 is 2.51 bits per heavy atom. The molecule has 4 N–H and O–H groups in total. The molecule has 0 spiro atoms. The van der Waals surface area contributed by atoms with E-state index in [1.807, 2.05) is 0 Å². The standard InChI is InChI=1S/C17H17N5O11S2/c18-15-19-8(6-34-15)12(20-33-17(1-2-17)14(26)27)10(23)3-7-9(22(13(7)25)35(29,30)31)4-21-11(24)5-32-16(21)28/h6-7,9H,1-5H2,(H2,18,19)(H,26,27)(H,29,30,31)/b20-12-/t7-,9+/m0/s1. The molecule has 4 rings (SSSR count). The van der Waals surface area contributed by atoms with Crippen molar-refractivity contribution in [3.05, 3.63) is 11.1 Å². The Morgan fingerprint density at radius 1 is 1.34 bits per heavy atom. The Labute approximate surface area is 200 Å². The van der Waals surface area contributed by atoms with Crippen molar-refractivity contribution in [2.75, 3.05) is 18.9 Å². The maximum Gasteiger partial charge on any atom is 0.417 e. The number of hydrogen-bond acceptors (Lipinski definition) is 13. The molecule has 2 aliphatic heterocycles. The molecule has 0 radical (unpaired) electrons. The fourth-order valence-electron chi connectivity index (χ4n) is 3.55. The summed E-state index contributed by atoms with van der Waals surface area (Å²) < 4.78 is 37.4. The zero-order valence-electron chi connectivity index (χ0n) is 17.5. The van der Waals surface area contributed by atoms with E-state index >= 15 is 0 Å². The number of aliphatic carboxylic acids is 1. The molecule has 0 aromatic carbocycles. The van der Waals surface area contributed by atoms with Gasteiger partial charge in [0.2, 0.25) is 11.5 Å². The fourth-order valence-corrected chi connectivity index (χ4v) is 5.02. The summed E-state index contributed by atoms with van der Waals surface area (Å²) in [4.78, 5) is 70.1. The number of imide groups is 1. The predicted octanol–water partition coefficient (Wildman–Crippen LogP) is -1.37. The lowest BCUT2D eigenvalue weighted by Gasteiger charge is -2.44. The SMILES string of the molecule is Nc1nc(/C(=N/OC2(C(=O)O)CC2)C(=O)C[C@@H]2C(=O)N(S(=O)(=O)O)[C@@H]2CN2C(=O)COC2=O)cs1. The van der Waals surface area contributed by atoms with E-state index in [1.165, 1.54) is 5.38 Å². The molecule has 2 atom stereocenters. The Hall–Kier alpha value is -3.64. The van der Waals surface area contributed by atoms with Crippen molar-refractivity contribution in [1.82, 2.24) is 14.2 Å². The first kappa shape index (κ1) is 24.5. The summed E-state index contributed by atoms with van der Waals surface area (Å²) in [5.41, 5.74) is 3.48. The first-order valence-electron chi connectivity index (χ1n) is 9.86. The number of ether oxygens (including phenoxy) is 1. The maximum absolute atomic E-state index is 13.1. The van der Waals surface area contributed by atoms with Gasteiger partial charge in [0.05, 0.1) is 18.5 Å². The quantitative estimate of drug-likeness (QED) is 0.137. The van der Waals surface area contributed by atoms with Crippen LogP contribution in [0.2, 0.25) is 0 Å². The molecule has 3 fully saturated rings. The first-order chi connectivity index (χ1) is 16.3. The van der Waals surface area contributed by atoms with Gasteiger partial charge in [-0.25, -0.2) is 23.8 Å². The second kappa shape index (κ2) is 8.54. The number of carbonyl (C=O) groups excluding carboxylic acids is 4. The van der Waals surface area contributed by atoms with Gasteiger partial charge in [0.1, 0.15) is 5.69 Å². The second-order valence-corrected chi connectivity index (χ2v) is 10.1. The van der Waals surface area contributed by atoms with Crippen molar-refractivity contribution >= 4 is 62.1 Å². The van der Waals surface area contributed by atoms with E-state index in [0.717, 1.165) is 11.3 Å². The van der Waals surface area contributed by atoms with E-state index in [-0.39, 0.29) is 28.0 Å². The topological polar surface area (TPSA) is 236 Å². The number of carbonyl (C=O) groups is 5. The van der Waals surface area contributed by atoms with Gasteiger partial charge in [-0.05, 0) is 0 Å². The van der Waals surface area contributed by atoms with Crippen LogP contribution in [0.1, 0.15) is 25.0 Å². The molecular weight excluding hydrogens is 514 g/mol. The highest BCUT2D eigenvalue weighted by molar-refractivity contribution is 7.84. The number of carboxylic acid groups (broad SMARTS) is 1. The van der Waals surface area contributed by atoms with Crippen molar-refractivity contribution in [2.24, 2.45) is 11.1 Å². The molecule has 2 saturated heterocycles. The van der Waals surface area contributed by atoms with E-state index in [1.54, 1.807) is 0 Å². The van der Waals surface area contributed by atoms with Crippen LogP contribution in [0.3, 0.4) is 0 Å². The van der Waals surface area contributed by atoms with E-state index in [0.29, 0.717) is 4.90 Å². The van der Waals surface area contributed by atoms with Crippen LogP contribution in [0.4, 0.5) is 9.93 Å². The number of hydrogen-bond donors (Lipinski definition) is 3. The van der Waals surface area contributed by atoms with E-state index in [9.17, 15) is 42.0 Å². The normalized spacial score (nSPS) is 23.7.